The highest BCUT2D eigenvalue weighted by atomic mass is 32.1. The summed E-state index contributed by atoms with van der Waals surface area (Å²) < 4.78 is 45.0. The van der Waals surface area contributed by atoms with Gasteiger partial charge in [0.1, 0.15) is 17.1 Å². The number of carbonyl (C=O) groups excluding carboxylic acids is 1. The first-order chi connectivity index (χ1) is 15.3. The number of halogens is 3. The quantitative estimate of drug-likeness (QED) is 0.539. The summed E-state index contributed by atoms with van der Waals surface area (Å²) in [5, 5.41) is 12.9. The number of fused-ring (bicyclic) bond motifs is 1. The lowest BCUT2D eigenvalue weighted by Crippen LogP contribution is -2.17. The molecule has 0 bridgehead atoms. The van der Waals surface area contributed by atoms with Gasteiger partial charge in [0.05, 0.1) is 28.0 Å². The standard InChI is InChI=1S/C22H22F3N3O3S/c1-31-17-9-16-18(32-21(28-16)13-7-5-12(11-29)6-8-13)10-15(17)27-20(30)14-3-2-4-19(26-14)22(23,24)25/h2-4,9-10,12-13,29H,5-8,11H2,1H3,(H,27,30)/t12-,13-. The second-order valence-corrected chi connectivity index (χ2v) is 8.89. The van der Waals surface area contributed by atoms with E-state index in [1.807, 2.05) is 0 Å². The number of hydrogen-bond donors (Lipinski definition) is 2. The maximum Gasteiger partial charge on any atom is 0.433 e. The number of benzene rings is 1. The molecule has 1 aromatic carbocycles. The lowest BCUT2D eigenvalue weighted by Gasteiger charge is -2.25. The minimum absolute atomic E-state index is 0.216. The van der Waals surface area contributed by atoms with Crippen molar-refractivity contribution in [1.29, 1.82) is 0 Å². The summed E-state index contributed by atoms with van der Waals surface area (Å²) in [5.74, 6) is 0.278. The van der Waals surface area contributed by atoms with E-state index in [4.69, 9.17) is 9.72 Å². The zero-order chi connectivity index (χ0) is 22.9. The molecule has 0 saturated heterocycles. The van der Waals surface area contributed by atoms with E-state index in [0.29, 0.717) is 23.3 Å². The van der Waals surface area contributed by atoms with E-state index in [-0.39, 0.29) is 12.3 Å². The van der Waals surface area contributed by atoms with Gasteiger partial charge in [0.2, 0.25) is 0 Å². The van der Waals surface area contributed by atoms with Gasteiger partial charge in [0.15, 0.2) is 0 Å². The van der Waals surface area contributed by atoms with Gasteiger partial charge in [-0.2, -0.15) is 13.2 Å². The summed E-state index contributed by atoms with van der Waals surface area (Å²) in [6.45, 7) is 0.216. The molecule has 170 valence electrons. The predicted molar refractivity (Wildman–Crippen MR) is 115 cm³/mol. The van der Waals surface area contributed by atoms with Crippen molar-refractivity contribution in [3.8, 4) is 5.75 Å². The van der Waals surface area contributed by atoms with Crippen LogP contribution in [0.25, 0.3) is 10.2 Å². The lowest BCUT2D eigenvalue weighted by atomic mass is 9.83. The molecule has 4 rings (SSSR count). The van der Waals surface area contributed by atoms with Gasteiger partial charge >= 0.3 is 6.18 Å². The number of aromatic nitrogens is 2. The van der Waals surface area contributed by atoms with E-state index in [0.717, 1.165) is 53.0 Å². The van der Waals surface area contributed by atoms with Crippen LogP contribution in [0.5, 0.6) is 5.75 Å². The Bertz CT molecular complexity index is 1120. The lowest BCUT2D eigenvalue weighted by molar-refractivity contribution is -0.141. The van der Waals surface area contributed by atoms with Crippen molar-refractivity contribution >= 4 is 33.1 Å². The number of thiazole rings is 1. The molecule has 10 heteroatoms. The molecule has 1 saturated carbocycles. The summed E-state index contributed by atoms with van der Waals surface area (Å²) >= 11 is 1.53. The van der Waals surface area contributed by atoms with Crippen molar-refractivity contribution < 1.29 is 27.8 Å². The fraction of sp³-hybridized carbons (Fsp3) is 0.409. The van der Waals surface area contributed by atoms with Crippen LogP contribution in [-0.4, -0.2) is 34.7 Å². The monoisotopic (exact) mass is 465 g/mol. The smallest absolute Gasteiger partial charge is 0.433 e. The van der Waals surface area contributed by atoms with E-state index in [2.05, 4.69) is 10.3 Å². The summed E-state index contributed by atoms with van der Waals surface area (Å²) in [5.41, 5.74) is -0.395. The van der Waals surface area contributed by atoms with E-state index in [1.165, 1.54) is 24.5 Å². The number of aliphatic hydroxyl groups excluding tert-OH is 1. The average Bonchev–Trinajstić information content (AvgIpc) is 3.21. The van der Waals surface area contributed by atoms with Crippen LogP contribution in [-0.2, 0) is 6.18 Å². The number of aliphatic hydroxyl groups is 1. The molecule has 1 fully saturated rings. The molecule has 0 spiro atoms. The van der Waals surface area contributed by atoms with E-state index < -0.39 is 17.8 Å². The van der Waals surface area contributed by atoms with Crippen LogP contribution < -0.4 is 10.1 Å². The van der Waals surface area contributed by atoms with Gasteiger partial charge in [0.25, 0.3) is 5.91 Å². The molecule has 0 radical (unpaired) electrons. The zero-order valence-electron chi connectivity index (χ0n) is 17.3. The topological polar surface area (TPSA) is 84.3 Å². The Hall–Kier alpha value is -2.72. The number of ether oxygens (including phenoxy) is 1. The Labute approximate surface area is 186 Å². The van der Waals surface area contributed by atoms with Crippen molar-refractivity contribution in [2.75, 3.05) is 19.0 Å². The fourth-order valence-corrected chi connectivity index (χ4v) is 5.07. The van der Waals surface area contributed by atoms with Crippen LogP contribution in [0.15, 0.2) is 30.3 Å². The maximum atomic E-state index is 12.9. The number of rotatable bonds is 5. The molecule has 0 atom stereocenters. The number of alkyl halides is 3. The zero-order valence-corrected chi connectivity index (χ0v) is 18.1. The van der Waals surface area contributed by atoms with Gasteiger partial charge in [-0.05, 0) is 49.8 Å². The van der Waals surface area contributed by atoms with Crippen LogP contribution in [0, 0.1) is 5.92 Å². The number of amides is 1. The third-order valence-corrected chi connectivity index (χ3v) is 6.88. The fourth-order valence-electron chi connectivity index (χ4n) is 3.91. The Morgan fingerprint density at radius 2 is 1.97 bits per heavy atom. The number of nitrogens with zero attached hydrogens (tertiary/aromatic N) is 2. The molecule has 3 aromatic rings. The highest BCUT2D eigenvalue weighted by molar-refractivity contribution is 7.18. The molecule has 1 aliphatic rings. The van der Waals surface area contributed by atoms with Gasteiger partial charge in [-0.15, -0.1) is 11.3 Å². The molecule has 1 amide bonds. The van der Waals surface area contributed by atoms with Crippen molar-refractivity contribution in [3.05, 3.63) is 46.7 Å². The van der Waals surface area contributed by atoms with Gasteiger partial charge in [-0.25, -0.2) is 9.97 Å². The number of hydrogen-bond acceptors (Lipinski definition) is 6. The van der Waals surface area contributed by atoms with Crippen molar-refractivity contribution in [1.82, 2.24) is 9.97 Å². The molecule has 0 unspecified atom stereocenters. The minimum atomic E-state index is -4.64. The van der Waals surface area contributed by atoms with Gasteiger partial charge < -0.3 is 15.2 Å². The van der Waals surface area contributed by atoms with Crippen LogP contribution in [0.2, 0.25) is 0 Å². The Balaban J connectivity index is 1.58. The third kappa shape index (κ3) is 4.71. The minimum Gasteiger partial charge on any atom is -0.494 e. The number of anilines is 1. The first-order valence-corrected chi connectivity index (χ1v) is 11.0. The molecule has 2 aromatic heterocycles. The van der Waals surface area contributed by atoms with Gasteiger partial charge in [-0.3, -0.25) is 4.79 Å². The second kappa shape index (κ2) is 9.03. The predicted octanol–water partition coefficient (Wildman–Crippen LogP) is 5.24. The Morgan fingerprint density at radius 1 is 1.22 bits per heavy atom. The molecular formula is C22H22F3N3O3S. The van der Waals surface area contributed by atoms with Gasteiger partial charge in [-0.1, -0.05) is 6.07 Å². The number of pyridine rings is 1. The first kappa shape index (κ1) is 22.5. The summed E-state index contributed by atoms with van der Waals surface area (Å²) in [7, 11) is 1.45. The van der Waals surface area contributed by atoms with Crippen LogP contribution in [0.1, 0.15) is 52.8 Å². The SMILES string of the molecule is COc1cc2nc([C@H]3CC[C@H](CO)CC3)sc2cc1NC(=O)c1cccc(C(F)(F)F)n1. The number of nitrogens with one attached hydrogen (secondary N) is 1. The Kier molecular flexibility index (Phi) is 6.34. The number of methoxy groups -OCH3 is 1. The molecule has 0 aliphatic heterocycles. The van der Waals surface area contributed by atoms with Crippen molar-refractivity contribution in [3.63, 3.8) is 0 Å². The average molecular weight is 465 g/mol. The molecular weight excluding hydrogens is 443 g/mol. The molecule has 6 nitrogen and oxygen atoms in total. The molecule has 2 N–H and O–H groups in total. The van der Waals surface area contributed by atoms with Crippen LogP contribution >= 0.6 is 11.3 Å². The third-order valence-electron chi connectivity index (χ3n) is 5.70. The van der Waals surface area contributed by atoms with Crippen LogP contribution in [0.3, 0.4) is 0 Å². The summed E-state index contributed by atoms with van der Waals surface area (Å²) in [4.78, 5) is 20.7. The molecule has 2 heterocycles. The van der Waals surface area contributed by atoms with Crippen molar-refractivity contribution in [2.24, 2.45) is 5.92 Å². The highest BCUT2D eigenvalue weighted by Crippen LogP contribution is 2.41. The van der Waals surface area contributed by atoms with E-state index >= 15 is 0 Å². The summed E-state index contributed by atoms with van der Waals surface area (Å²) in [6, 6.07) is 6.62. The second-order valence-electron chi connectivity index (χ2n) is 7.83. The Morgan fingerprint density at radius 3 is 2.62 bits per heavy atom. The van der Waals surface area contributed by atoms with Gasteiger partial charge in [0, 0.05) is 18.6 Å². The molecule has 32 heavy (non-hydrogen) atoms. The number of carbonyl (C=O) groups is 1. The summed E-state index contributed by atoms with van der Waals surface area (Å²) in [6.07, 6.45) is -0.778. The largest absolute Gasteiger partial charge is 0.494 e. The van der Waals surface area contributed by atoms with E-state index in [9.17, 15) is 23.1 Å². The normalized spacial score (nSPS) is 19.2. The molecule has 1 aliphatic carbocycles. The van der Waals surface area contributed by atoms with Crippen molar-refractivity contribution in [2.45, 2.75) is 37.8 Å². The first-order valence-electron chi connectivity index (χ1n) is 10.2. The van der Waals surface area contributed by atoms with E-state index in [1.54, 1.807) is 12.1 Å². The maximum absolute atomic E-state index is 12.9. The van der Waals surface area contributed by atoms with Crippen LogP contribution in [0.4, 0.5) is 18.9 Å². The highest BCUT2D eigenvalue weighted by Gasteiger charge is 2.33.